The summed E-state index contributed by atoms with van der Waals surface area (Å²) < 4.78 is 16.7. The Morgan fingerprint density at radius 1 is 0.280 bits per heavy atom. The van der Waals surface area contributed by atoms with E-state index in [9.17, 15) is 14.4 Å². The second-order valence-electron chi connectivity index (χ2n) is 19.5. The van der Waals surface area contributed by atoms with Crippen LogP contribution in [0.1, 0.15) is 252 Å². The Hall–Kier alpha value is -4.71. The summed E-state index contributed by atoms with van der Waals surface area (Å²) >= 11 is 0. The Labute approximate surface area is 461 Å². The number of hydrogen-bond acceptors (Lipinski definition) is 6. The monoisotopic (exact) mass is 1030 g/mol. The summed E-state index contributed by atoms with van der Waals surface area (Å²) in [7, 11) is 0. The van der Waals surface area contributed by atoms with Crippen LogP contribution in [0.3, 0.4) is 0 Å². The van der Waals surface area contributed by atoms with Crippen molar-refractivity contribution in [2.45, 2.75) is 258 Å². The molecule has 0 aliphatic rings. The molecule has 0 fully saturated rings. The van der Waals surface area contributed by atoms with Gasteiger partial charge in [-0.25, -0.2) is 0 Å². The molecule has 6 nitrogen and oxygen atoms in total. The number of ether oxygens (including phenoxy) is 3. The average molecular weight is 1040 g/mol. The van der Waals surface area contributed by atoms with Gasteiger partial charge in [0.15, 0.2) is 6.10 Å². The van der Waals surface area contributed by atoms with Gasteiger partial charge >= 0.3 is 17.9 Å². The number of allylic oxidation sites excluding steroid dienone is 24. The molecule has 6 heteroatoms. The number of carbonyl (C=O) groups is 3. The van der Waals surface area contributed by atoms with Crippen molar-refractivity contribution in [3.05, 3.63) is 146 Å². The van der Waals surface area contributed by atoms with Crippen LogP contribution in [0.4, 0.5) is 0 Å². The summed E-state index contributed by atoms with van der Waals surface area (Å²) in [5, 5.41) is 0. The van der Waals surface area contributed by atoms with Crippen molar-refractivity contribution in [3.8, 4) is 0 Å². The van der Waals surface area contributed by atoms with Crippen molar-refractivity contribution < 1.29 is 28.6 Å². The molecule has 0 heterocycles. The molecule has 0 bridgehead atoms. The average Bonchev–Trinajstić information content (AvgIpc) is 3.41. The lowest BCUT2D eigenvalue weighted by molar-refractivity contribution is -0.167. The van der Waals surface area contributed by atoms with Gasteiger partial charge in [-0.2, -0.15) is 0 Å². The Morgan fingerprint density at radius 3 is 0.840 bits per heavy atom. The number of unbranched alkanes of at least 4 members (excludes halogenated alkanes) is 18. The SMILES string of the molecule is CC/C=C\C/C=C\C/C=C\C/C=C\C/C=C\C/C=C\C/C=C\C/C=C\C/C=C\CCCCCCCC(=O)OCC(COC(=O)CCCCCCC)OC(=O)CCCCCCCC/C=C\C/C=C\C/C=C\CCCCC. The molecule has 0 saturated carbocycles. The maximum atomic E-state index is 12.8. The molecule has 0 spiro atoms. The molecule has 1 unspecified atom stereocenters. The molecule has 422 valence electrons. The predicted molar refractivity (Wildman–Crippen MR) is 325 cm³/mol. The van der Waals surface area contributed by atoms with Crippen LogP contribution in [0.5, 0.6) is 0 Å². The zero-order valence-electron chi connectivity index (χ0n) is 48.3. The summed E-state index contributed by atoms with van der Waals surface area (Å²) in [6.45, 7) is 6.37. The van der Waals surface area contributed by atoms with Crippen molar-refractivity contribution >= 4 is 17.9 Å². The van der Waals surface area contributed by atoms with E-state index in [0.717, 1.165) is 173 Å². The van der Waals surface area contributed by atoms with Gasteiger partial charge in [0.25, 0.3) is 0 Å². The second kappa shape index (κ2) is 61.8. The molecular weight excluding hydrogens is 925 g/mol. The van der Waals surface area contributed by atoms with Crippen molar-refractivity contribution in [2.75, 3.05) is 13.2 Å². The molecule has 1 atom stereocenters. The van der Waals surface area contributed by atoms with Gasteiger partial charge in [-0.3, -0.25) is 14.4 Å². The minimum Gasteiger partial charge on any atom is -0.462 e. The van der Waals surface area contributed by atoms with E-state index in [0.29, 0.717) is 19.3 Å². The van der Waals surface area contributed by atoms with Crippen LogP contribution in [0, 0.1) is 0 Å². The van der Waals surface area contributed by atoms with E-state index in [1.165, 1.54) is 38.5 Å². The summed E-state index contributed by atoms with van der Waals surface area (Å²) in [6, 6.07) is 0. The summed E-state index contributed by atoms with van der Waals surface area (Å²) in [4.78, 5) is 37.8. The van der Waals surface area contributed by atoms with Crippen LogP contribution in [0.25, 0.3) is 0 Å². The van der Waals surface area contributed by atoms with E-state index in [-0.39, 0.29) is 31.1 Å². The van der Waals surface area contributed by atoms with Gasteiger partial charge in [0.2, 0.25) is 0 Å². The highest BCUT2D eigenvalue weighted by Crippen LogP contribution is 2.13. The van der Waals surface area contributed by atoms with Gasteiger partial charge < -0.3 is 14.2 Å². The maximum absolute atomic E-state index is 12.8. The molecular formula is C69H110O6. The summed E-state index contributed by atoms with van der Waals surface area (Å²) in [5.74, 6) is -0.947. The Bertz CT molecular complexity index is 1660. The third-order valence-corrected chi connectivity index (χ3v) is 12.3. The van der Waals surface area contributed by atoms with E-state index < -0.39 is 6.10 Å². The molecule has 75 heavy (non-hydrogen) atoms. The van der Waals surface area contributed by atoms with Crippen molar-refractivity contribution in [1.82, 2.24) is 0 Å². The van der Waals surface area contributed by atoms with Gasteiger partial charge in [0.1, 0.15) is 13.2 Å². The maximum Gasteiger partial charge on any atom is 0.306 e. The van der Waals surface area contributed by atoms with E-state index >= 15 is 0 Å². The fourth-order valence-electron chi connectivity index (χ4n) is 7.79. The van der Waals surface area contributed by atoms with Crippen LogP contribution in [0.2, 0.25) is 0 Å². The zero-order valence-corrected chi connectivity index (χ0v) is 48.3. The van der Waals surface area contributed by atoms with Crippen molar-refractivity contribution in [3.63, 3.8) is 0 Å². The molecule has 0 radical (unpaired) electrons. The Morgan fingerprint density at radius 2 is 0.520 bits per heavy atom. The smallest absolute Gasteiger partial charge is 0.306 e. The van der Waals surface area contributed by atoms with Crippen LogP contribution in [-0.4, -0.2) is 37.2 Å². The third-order valence-electron chi connectivity index (χ3n) is 12.3. The first-order chi connectivity index (χ1) is 37.0. The lowest BCUT2D eigenvalue weighted by atomic mass is 10.1. The molecule has 0 rings (SSSR count). The lowest BCUT2D eigenvalue weighted by Crippen LogP contribution is -2.30. The first-order valence-electron chi connectivity index (χ1n) is 30.3. The summed E-state index contributed by atoms with van der Waals surface area (Å²) in [6.07, 6.45) is 88.9. The predicted octanol–water partition coefficient (Wildman–Crippen LogP) is 20.8. The minimum atomic E-state index is -0.795. The largest absolute Gasteiger partial charge is 0.462 e. The van der Waals surface area contributed by atoms with E-state index in [4.69, 9.17) is 14.2 Å². The molecule has 0 aromatic heterocycles. The first-order valence-corrected chi connectivity index (χ1v) is 30.3. The molecule has 0 amide bonds. The zero-order chi connectivity index (χ0) is 54.3. The number of esters is 3. The fraction of sp³-hybridized carbons (Fsp3) is 0.609. The Balaban J connectivity index is 4.17. The standard InChI is InChI=1S/C69H110O6/c1-4-7-10-13-15-17-19-21-23-25-27-28-29-30-31-32-33-34-35-36-37-38-39-40-42-43-45-47-49-51-53-56-59-62-68(71)74-65-66(64-73-67(70)61-58-55-12-9-6-3)75-69(72)63-60-57-54-52-50-48-46-44-41-26-24-22-20-18-16-14-11-8-5-2/h7,10,15-18,21-24,27-28,30-31,33-34,36-37,39-41,43-45,66H,4-6,8-9,11-14,19-20,25-26,29,32,35,38,42,46-65H2,1-3H3/b10-7-,17-15-,18-16-,23-21-,24-22-,28-27-,31-30-,34-33-,37-36-,40-39-,44-41-,45-43-. The number of hydrogen-bond donors (Lipinski definition) is 0. The summed E-state index contributed by atoms with van der Waals surface area (Å²) in [5.41, 5.74) is 0. The van der Waals surface area contributed by atoms with Gasteiger partial charge in [0.05, 0.1) is 0 Å². The van der Waals surface area contributed by atoms with Crippen LogP contribution in [-0.2, 0) is 28.6 Å². The topological polar surface area (TPSA) is 78.9 Å². The Kier molecular flexibility index (Phi) is 58.0. The van der Waals surface area contributed by atoms with Gasteiger partial charge in [-0.05, 0) is 128 Å². The van der Waals surface area contributed by atoms with Gasteiger partial charge in [-0.1, -0.05) is 250 Å². The molecule has 0 N–H and O–H groups in total. The van der Waals surface area contributed by atoms with Crippen LogP contribution >= 0.6 is 0 Å². The molecule has 0 aliphatic carbocycles. The highest BCUT2D eigenvalue weighted by Gasteiger charge is 2.19. The minimum absolute atomic E-state index is 0.0948. The quantitative estimate of drug-likeness (QED) is 0.0261. The second-order valence-corrected chi connectivity index (χ2v) is 19.5. The van der Waals surface area contributed by atoms with Crippen LogP contribution < -0.4 is 0 Å². The van der Waals surface area contributed by atoms with Crippen LogP contribution in [0.15, 0.2) is 146 Å². The fourth-order valence-corrected chi connectivity index (χ4v) is 7.79. The molecule has 0 aliphatic heterocycles. The van der Waals surface area contributed by atoms with E-state index in [1.54, 1.807) is 0 Å². The lowest BCUT2D eigenvalue weighted by Gasteiger charge is -2.18. The third kappa shape index (κ3) is 60.0. The van der Waals surface area contributed by atoms with E-state index in [1.807, 2.05) is 0 Å². The van der Waals surface area contributed by atoms with E-state index in [2.05, 4.69) is 167 Å². The normalized spacial score (nSPS) is 13.2. The van der Waals surface area contributed by atoms with Gasteiger partial charge in [0, 0.05) is 19.3 Å². The molecule has 0 aromatic rings. The van der Waals surface area contributed by atoms with Crippen molar-refractivity contribution in [1.29, 1.82) is 0 Å². The van der Waals surface area contributed by atoms with Crippen molar-refractivity contribution in [2.24, 2.45) is 0 Å². The highest BCUT2D eigenvalue weighted by atomic mass is 16.6. The van der Waals surface area contributed by atoms with Gasteiger partial charge in [-0.15, -0.1) is 0 Å². The first kappa shape index (κ1) is 70.3. The number of carbonyl (C=O) groups excluding carboxylic acids is 3. The number of rotatable bonds is 53. The molecule has 0 saturated heterocycles. The highest BCUT2D eigenvalue weighted by molar-refractivity contribution is 5.71. The molecule has 0 aromatic carbocycles.